The van der Waals surface area contributed by atoms with Crippen LogP contribution in [0.15, 0.2) is 0 Å². The van der Waals surface area contributed by atoms with Gasteiger partial charge in [0.25, 0.3) is 0 Å². The van der Waals surface area contributed by atoms with Crippen LogP contribution in [0.25, 0.3) is 0 Å². The van der Waals surface area contributed by atoms with E-state index in [9.17, 15) is 0 Å². The van der Waals surface area contributed by atoms with Crippen molar-refractivity contribution in [2.75, 3.05) is 19.7 Å². The van der Waals surface area contributed by atoms with E-state index in [2.05, 4.69) is 12.2 Å². The molecule has 0 radical (unpaired) electrons. The highest BCUT2D eigenvalue weighted by Gasteiger charge is 2.24. The van der Waals surface area contributed by atoms with Crippen LogP contribution in [-0.2, 0) is 4.74 Å². The summed E-state index contributed by atoms with van der Waals surface area (Å²) in [7, 11) is 0. The zero-order chi connectivity index (χ0) is 9.10. The second-order valence-corrected chi connectivity index (χ2v) is 4.67. The molecular weight excluding hydrogens is 162 g/mol. The summed E-state index contributed by atoms with van der Waals surface area (Å²) in [6, 6.07) is 0. The Balaban J connectivity index is 1.73. The molecule has 2 nitrogen and oxygen atoms in total. The van der Waals surface area contributed by atoms with E-state index in [0.717, 1.165) is 18.4 Å². The van der Waals surface area contributed by atoms with Gasteiger partial charge in [-0.15, -0.1) is 0 Å². The molecule has 2 saturated heterocycles. The van der Waals surface area contributed by atoms with E-state index in [1.807, 2.05) is 0 Å². The van der Waals surface area contributed by atoms with Crippen LogP contribution in [-0.4, -0.2) is 25.8 Å². The summed E-state index contributed by atoms with van der Waals surface area (Å²) in [5.41, 5.74) is 0. The standard InChI is InChI=1S/C11H21NO/c1-9-6-10(3-5-13-9)7-11-2-4-12-8-11/h9-12H,2-8H2,1H3. The molecule has 2 heteroatoms. The smallest absolute Gasteiger partial charge is 0.0549 e. The Labute approximate surface area is 81.0 Å². The summed E-state index contributed by atoms with van der Waals surface area (Å²) in [5.74, 6) is 1.89. The summed E-state index contributed by atoms with van der Waals surface area (Å²) in [6.07, 6.45) is 5.91. The number of rotatable bonds is 2. The van der Waals surface area contributed by atoms with E-state index >= 15 is 0 Å². The highest BCUT2D eigenvalue weighted by molar-refractivity contribution is 4.77. The zero-order valence-electron chi connectivity index (χ0n) is 8.59. The van der Waals surface area contributed by atoms with Gasteiger partial charge in [0.1, 0.15) is 0 Å². The summed E-state index contributed by atoms with van der Waals surface area (Å²) in [5, 5.41) is 3.44. The molecule has 2 rings (SSSR count). The van der Waals surface area contributed by atoms with Crippen LogP contribution in [0.1, 0.15) is 32.6 Å². The lowest BCUT2D eigenvalue weighted by Gasteiger charge is -2.28. The molecule has 0 bridgehead atoms. The monoisotopic (exact) mass is 183 g/mol. The van der Waals surface area contributed by atoms with E-state index in [1.165, 1.54) is 38.8 Å². The third kappa shape index (κ3) is 2.68. The quantitative estimate of drug-likeness (QED) is 0.705. The van der Waals surface area contributed by atoms with Crippen LogP contribution in [0.4, 0.5) is 0 Å². The van der Waals surface area contributed by atoms with E-state index in [4.69, 9.17) is 4.74 Å². The van der Waals surface area contributed by atoms with Crippen molar-refractivity contribution in [3.8, 4) is 0 Å². The minimum atomic E-state index is 0.508. The predicted octanol–water partition coefficient (Wildman–Crippen LogP) is 1.80. The maximum Gasteiger partial charge on any atom is 0.0549 e. The molecule has 3 atom stereocenters. The summed E-state index contributed by atoms with van der Waals surface area (Å²) >= 11 is 0. The van der Waals surface area contributed by atoms with Gasteiger partial charge in [-0.3, -0.25) is 0 Å². The molecule has 0 aliphatic carbocycles. The molecule has 2 heterocycles. The number of hydrogen-bond acceptors (Lipinski definition) is 2. The first kappa shape index (κ1) is 9.47. The fourth-order valence-electron chi connectivity index (χ4n) is 2.69. The SMILES string of the molecule is CC1CC(CC2CCNC2)CCO1. The first-order valence-electron chi connectivity index (χ1n) is 5.67. The third-order valence-electron chi connectivity index (χ3n) is 3.42. The van der Waals surface area contributed by atoms with Crippen LogP contribution in [0.2, 0.25) is 0 Å². The van der Waals surface area contributed by atoms with Gasteiger partial charge < -0.3 is 10.1 Å². The lowest BCUT2D eigenvalue weighted by molar-refractivity contribution is -0.00214. The Morgan fingerprint density at radius 3 is 2.92 bits per heavy atom. The molecule has 2 aliphatic heterocycles. The third-order valence-corrected chi connectivity index (χ3v) is 3.42. The summed E-state index contributed by atoms with van der Waals surface area (Å²) < 4.78 is 5.56. The van der Waals surface area contributed by atoms with Crippen LogP contribution < -0.4 is 5.32 Å². The van der Waals surface area contributed by atoms with E-state index < -0.39 is 0 Å². The average Bonchev–Trinajstić information content (AvgIpc) is 2.57. The fraction of sp³-hybridized carbons (Fsp3) is 1.00. The van der Waals surface area contributed by atoms with Gasteiger partial charge in [-0.05, 0) is 57.5 Å². The van der Waals surface area contributed by atoms with E-state index in [0.29, 0.717) is 6.10 Å². The summed E-state index contributed by atoms with van der Waals surface area (Å²) in [4.78, 5) is 0. The average molecular weight is 183 g/mol. The van der Waals surface area contributed by atoms with Crippen molar-refractivity contribution in [1.82, 2.24) is 5.32 Å². The van der Waals surface area contributed by atoms with Gasteiger partial charge >= 0.3 is 0 Å². The van der Waals surface area contributed by atoms with Gasteiger partial charge in [-0.1, -0.05) is 0 Å². The Morgan fingerprint density at radius 1 is 1.31 bits per heavy atom. The highest BCUT2D eigenvalue weighted by atomic mass is 16.5. The van der Waals surface area contributed by atoms with Crippen molar-refractivity contribution in [3.05, 3.63) is 0 Å². The van der Waals surface area contributed by atoms with Crippen LogP contribution >= 0.6 is 0 Å². The van der Waals surface area contributed by atoms with Crippen molar-refractivity contribution < 1.29 is 4.74 Å². The maximum absolute atomic E-state index is 5.56. The van der Waals surface area contributed by atoms with Crippen molar-refractivity contribution >= 4 is 0 Å². The molecule has 0 spiro atoms. The lowest BCUT2D eigenvalue weighted by Crippen LogP contribution is -2.25. The summed E-state index contributed by atoms with van der Waals surface area (Å²) in [6.45, 7) is 5.69. The lowest BCUT2D eigenvalue weighted by atomic mass is 9.86. The van der Waals surface area contributed by atoms with Crippen molar-refractivity contribution in [2.45, 2.75) is 38.7 Å². The Bertz CT molecular complexity index is 154. The second-order valence-electron chi connectivity index (χ2n) is 4.67. The predicted molar refractivity (Wildman–Crippen MR) is 53.7 cm³/mol. The first-order valence-corrected chi connectivity index (χ1v) is 5.67. The first-order chi connectivity index (χ1) is 6.34. The molecule has 76 valence electrons. The van der Waals surface area contributed by atoms with Gasteiger partial charge in [0.15, 0.2) is 0 Å². The van der Waals surface area contributed by atoms with Crippen LogP contribution in [0.3, 0.4) is 0 Å². The van der Waals surface area contributed by atoms with Gasteiger partial charge in [-0.2, -0.15) is 0 Å². The molecule has 0 amide bonds. The highest BCUT2D eigenvalue weighted by Crippen LogP contribution is 2.28. The largest absolute Gasteiger partial charge is 0.378 e. The number of nitrogens with one attached hydrogen (secondary N) is 1. The molecule has 13 heavy (non-hydrogen) atoms. The molecule has 0 saturated carbocycles. The molecule has 0 aromatic rings. The molecular formula is C11H21NO. The molecule has 0 aromatic heterocycles. The molecule has 2 fully saturated rings. The van der Waals surface area contributed by atoms with Gasteiger partial charge in [0.2, 0.25) is 0 Å². The van der Waals surface area contributed by atoms with Crippen molar-refractivity contribution in [1.29, 1.82) is 0 Å². The van der Waals surface area contributed by atoms with Gasteiger partial charge in [-0.25, -0.2) is 0 Å². The Morgan fingerprint density at radius 2 is 2.23 bits per heavy atom. The number of hydrogen-bond donors (Lipinski definition) is 1. The molecule has 0 aromatic carbocycles. The molecule has 2 aliphatic rings. The maximum atomic E-state index is 5.56. The van der Waals surface area contributed by atoms with Crippen LogP contribution in [0.5, 0.6) is 0 Å². The number of ether oxygens (including phenoxy) is 1. The fourth-order valence-corrected chi connectivity index (χ4v) is 2.69. The van der Waals surface area contributed by atoms with Crippen molar-refractivity contribution in [2.24, 2.45) is 11.8 Å². The second kappa shape index (κ2) is 4.43. The minimum absolute atomic E-state index is 0.508. The van der Waals surface area contributed by atoms with Gasteiger partial charge in [0.05, 0.1) is 6.10 Å². The van der Waals surface area contributed by atoms with E-state index in [-0.39, 0.29) is 0 Å². The molecule has 3 unspecified atom stereocenters. The topological polar surface area (TPSA) is 21.3 Å². The van der Waals surface area contributed by atoms with Crippen LogP contribution in [0, 0.1) is 11.8 Å². The van der Waals surface area contributed by atoms with Gasteiger partial charge in [0, 0.05) is 6.61 Å². The minimum Gasteiger partial charge on any atom is -0.378 e. The normalized spacial score (nSPS) is 40.8. The molecule has 1 N–H and O–H groups in total. The van der Waals surface area contributed by atoms with Crippen molar-refractivity contribution in [3.63, 3.8) is 0 Å². The van der Waals surface area contributed by atoms with E-state index in [1.54, 1.807) is 0 Å². The zero-order valence-corrected chi connectivity index (χ0v) is 8.59. The Hall–Kier alpha value is -0.0800. The Kier molecular flexibility index (Phi) is 3.23.